The first-order valence-electron chi connectivity index (χ1n) is 24.2. The average Bonchev–Trinajstić information content (AvgIpc) is 3.27. The molecule has 346 valence electrons. The molecule has 0 saturated heterocycles. The van der Waals surface area contributed by atoms with Crippen molar-refractivity contribution in [2.24, 2.45) is 0 Å². The molecule has 0 aromatic rings. The van der Waals surface area contributed by atoms with E-state index in [2.05, 4.69) is 118 Å². The van der Waals surface area contributed by atoms with Crippen LogP contribution in [-0.2, 0) is 28.6 Å². The van der Waals surface area contributed by atoms with E-state index in [9.17, 15) is 14.4 Å². The van der Waals surface area contributed by atoms with E-state index in [1.165, 1.54) is 19.3 Å². The van der Waals surface area contributed by atoms with Gasteiger partial charge in [-0.05, 0) is 103 Å². The lowest BCUT2D eigenvalue weighted by Crippen LogP contribution is -2.30. The first kappa shape index (κ1) is 57.5. The summed E-state index contributed by atoms with van der Waals surface area (Å²) in [5.41, 5.74) is 0. The molecule has 0 spiro atoms. The third-order valence-electron chi connectivity index (χ3n) is 9.48. The van der Waals surface area contributed by atoms with Crippen molar-refractivity contribution in [1.82, 2.24) is 0 Å². The molecule has 0 aliphatic heterocycles. The molecule has 6 heteroatoms. The van der Waals surface area contributed by atoms with Crippen molar-refractivity contribution in [3.8, 4) is 0 Å². The molecular formula is C56H86O6. The Morgan fingerprint density at radius 1 is 0.339 bits per heavy atom. The fourth-order valence-electron chi connectivity index (χ4n) is 5.94. The number of hydrogen-bond donors (Lipinski definition) is 0. The lowest BCUT2D eigenvalue weighted by atomic mass is 10.1. The van der Waals surface area contributed by atoms with Crippen LogP contribution in [0.25, 0.3) is 0 Å². The Hall–Kier alpha value is -4.45. The molecule has 0 radical (unpaired) electrons. The SMILES string of the molecule is CC\C=C/C=C\C=C/C=C\CCCCCC(=O)OCC(COC(=O)CCC/C=C\C/C=C\C/C=C\C/C=C\C/C=C\CC)OC(=O)CCCCCCCCC/C=C\C/C=C\CC. The van der Waals surface area contributed by atoms with Gasteiger partial charge in [0, 0.05) is 19.3 Å². The summed E-state index contributed by atoms with van der Waals surface area (Å²) in [5.74, 6) is -1.04. The summed E-state index contributed by atoms with van der Waals surface area (Å²) in [6.45, 7) is 6.15. The number of rotatable bonds is 41. The Balaban J connectivity index is 4.58. The molecule has 62 heavy (non-hydrogen) atoms. The highest BCUT2D eigenvalue weighted by atomic mass is 16.6. The highest BCUT2D eigenvalue weighted by Crippen LogP contribution is 2.12. The van der Waals surface area contributed by atoms with E-state index < -0.39 is 6.10 Å². The normalized spacial score (nSPS) is 13.3. The van der Waals surface area contributed by atoms with Gasteiger partial charge in [0.25, 0.3) is 0 Å². The van der Waals surface area contributed by atoms with Crippen molar-refractivity contribution in [3.05, 3.63) is 134 Å². The van der Waals surface area contributed by atoms with Crippen LogP contribution in [0.2, 0.25) is 0 Å². The van der Waals surface area contributed by atoms with Gasteiger partial charge in [-0.25, -0.2) is 0 Å². The summed E-state index contributed by atoms with van der Waals surface area (Å²) in [4.78, 5) is 37.9. The van der Waals surface area contributed by atoms with Crippen LogP contribution >= 0.6 is 0 Å². The van der Waals surface area contributed by atoms with Gasteiger partial charge < -0.3 is 14.2 Å². The van der Waals surface area contributed by atoms with E-state index >= 15 is 0 Å². The second-order valence-corrected chi connectivity index (χ2v) is 15.3. The number of unbranched alkanes of at least 4 members (excludes halogenated alkanes) is 11. The zero-order valence-corrected chi connectivity index (χ0v) is 39.3. The van der Waals surface area contributed by atoms with E-state index in [-0.39, 0.29) is 37.5 Å². The van der Waals surface area contributed by atoms with Crippen molar-refractivity contribution in [3.63, 3.8) is 0 Å². The van der Waals surface area contributed by atoms with Crippen LogP contribution in [0, 0.1) is 0 Å². The van der Waals surface area contributed by atoms with Crippen LogP contribution < -0.4 is 0 Å². The molecule has 6 nitrogen and oxygen atoms in total. The highest BCUT2D eigenvalue weighted by Gasteiger charge is 2.19. The highest BCUT2D eigenvalue weighted by molar-refractivity contribution is 5.71. The number of carbonyl (C=O) groups is 3. The van der Waals surface area contributed by atoms with Gasteiger partial charge >= 0.3 is 17.9 Å². The van der Waals surface area contributed by atoms with E-state index in [1.807, 2.05) is 36.5 Å². The quantitative estimate of drug-likeness (QED) is 0.0200. The van der Waals surface area contributed by atoms with Gasteiger partial charge in [-0.1, -0.05) is 193 Å². The van der Waals surface area contributed by atoms with Gasteiger partial charge in [-0.15, -0.1) is 0 Å². The van der Waals surface area contributed by atoms with E-state index in [0.717, 1.165) is 116 Å². The third-order valence-corrected chi connectivity index (χ3v) is 9.48. The van der Waals surface area contributed by atoms with E-state index in [4.69, 9.17) is 14.2 Å². The number of carbonyl (C=O) groups excluding carboxylic acids is 3. The molecule has 0 aliphatic carbocycles. The van der Waals surface area contributed by atoms with Crippen molar-refractivity contribution < 1.29 is 28.6 Å². The largest absolute Gasteiger partial charge is 0.462 e. The second-order valence-electron chi connectivity index (χ2n) is 15.3. The zero-order chi connectivity index (χ0) is 45.1. The summed E-state index contributed by atoms with van der Waals surface area (Å²) < 4.78 is 16.7. The van der Waals surface area contributed by atoms with Crippen LogP contribution in [0.5, 0.6) is 0 Å². The van der Waals surface area contributed by atoms with E-state index in [1.54, 1.807) is 0 Å². The molecule has 0 aromatic carbocycles. The molecule has 0 bridgehead atoms. The minimum absolute atomic E-state index is 0.125. The fourth-order valence-corrected chi connectivity index (χ4v) is 5.94. The summed E-state index contributed by atoms with van der Waals surface area (Å²) in [6.07, 6.45) is 68.7. The number of hydrogen-bond acceptors (Lipinski definition) is 6. The molecule has 0 amide bonds. The standard InChI is InChI=1S/C56H86O6/c1-4-7-10-13-16-19-22-25-27-28-29-32-34-37-40-43-46-49-55(58)61-52-53(51-60-54(57)48-45-42-39-36-33-30-24-21-18-15-12-9-6-3)62-56(59)50-47-44-41-38-35-31-26-23-20-17-14-11-8-5-2/h7-12,15-21,24-25,27,29-30,32-33,37,40,53H,4-6,13-14,22-23,26,28,31,34-36,38-39,41-52H2,1-3H3/b10-7-,11-8-,12-9-,18-15-,19-16-,20-17-,24-21-,27-25-,32-29-,33-30-,40-37-. The smallest absolute Gasteiger partial charge is 0.306 e. The van der Waals surface area contributed by atoms with Gasteiger partial charge in [0.1, 0.15) is 13.2 Å². The minimum Gasteiger partial charge on any atom is -0.462 e. The predicted molar refractivity (Wildman–Crippen MR) is 265 cm³/mol. The van der Waals surface area contributed by atoms with Gasteiger partial charge in [-0.2, -0.15) is 0 Å². The molecule has 0 rings (SSSR count). The van der Waals surface area contributed by atoms with Crippen LogP contribution in [0.4, 0.5) is 0 Å². The minimum atomic E-state index is -0.825. The zero-order valence-electron chi connectivity index (χ0n) is 39.3. The Kier molecular flexibility index (Phi) is 45.7. The first-order chi connectivity index (χ1) is 30.5. The molecule has 0 N–H and O–H groups in total. The molecule has 0 aromatic heterocycles. The van der Waals surface area contributed by atoms with Crippen LogP contribution in [-0.4, -0.2) is 37.2 Å². The van der Waals surface area contributed by atoms with Crippen molar-refractivity contribution in [2.75, 3.05) is 13.2 Å². The molecule has 0 heterocycles. The second kappa shape index (κ2) is 49.2. The summed E-state index contributed by atoms with van der Waals surface area (Å²) in [7, 11) is 0. The predicted octanol–water partition coefficient (Wildman–Crippen LogP) is 15.9. The Bertz CT molecular complexity index is 1400. The van der Waals surface area contributed by atoms with Crippen molar-refractivity contribution >= 4 is 17.9 Å². The Morgan fingerprint density at radius 2 is 0.677 bits per heavy atom. The van der Waals surface area contributed by atoms with Crippen molar-refractivity contribution in [1.29, 1.82) is 0 Å². The monoisotopic (exact) mass is 855 g/mol. The van der Waals surface area contributed by atoms with Crippen LogP contribution in [0.1, 0.15) is 181 Å². The summed E-state index contributed by atoms with van der Waals surface area (Å²) in [5, 5.41) is 0. The number of ether oxygens (including phenoxy) is 3. The topological polar surface area (TPSA) is 78.9 Å². The fraction of sp³-hybridized carbons (Fsp3) is 0.554. The maximum Gasteiger partial charge on any atom is 0.306 e. The van der Waals surface area contributed by atoms with Crippen LogP contribution in [0.15, 0.2) is 134 Å². The van der Waals surface area contributed by atoms with Gasteiger partial charge in [0.05, 0.1) is 0 Å². The average molecular weight is 855 g/mol. The molecular weight excluding hydrogens is 769 g/mol. The Labute approximate surface area is 379 Å². The summed E-state index contributed by atoms with van der Waals surface area (Å²) in [6, 6.07) is 0. The number of allylic oxidation sites excluding steroid dienone is 22. The first-order valence-corrected chi connectivity index (χ1v) is 24.2. The molecule has 0 aliphatic rings. The molecule has 0 saturated carbocycles. The van der Waals surface area contributed by atoms with Gasteiger partial charge in [-0.3, -0.25) is 14.4 Å². The van der Waals surface area contributed by atoms with Gasteiger partial charge in [0.2, 0.25) is 0 Å². The lowest BCUT2D eigenvalue weighted by Gasteiger charge is -2.18. The Morgan fingerprint density at radius 3 is 1.18 bits per heavy atom. The lowest BCUT2D eigenvalue weighted by molar-refractivity contribution is -0.167. The maximum atomic E-state index is 12.8. The maximum absolute atomic E-state index is 12.8. The van der Waals surface area contributed by atoms with E-state index in [0.29, 0.717) is 19.3 Å². The third kappa shape index (κ3) is 46.6. The molecule has 1 unspecified atom stereocenters. The van der Waals surface area contributed by atoms with Crippen molar-refractivity contribution in [2.45, 2.75) is 187 Å². The van der Waals surface area contributed by atoms with Crippen LogP contribution in [0.3, 0.4) is 0 Å². The summed E-state index contributed by atoms with van der Waals surface area (Å²) >= 11 is 0. The molecule has 0 fully saturated rings. The molecule has 1 atom stereocenters. The van der Waals surface area contributed by atoms with Gasteiger partial charge in [0.15, 0.2) is 6.10 Å². The number of esters is 3.